The molecule has 0 spiro atoms. The van der Waals surface area contributed by atoms with E-state index in [0.29, 0.717) is 18.0 Å². The summed E-state index contributed by atoms with van der Waals surface area (Å²) in [6.07, 6.45) is 0. The van der Waals surface area contributed by atoms with Gasteiger partial charge < -0.3 is 14.4 Å². The Kier molecular flexibility index (Phi) is 4.67. The molecule has 0 radical (unpaired) electrons. The first-order valence-electron chi connectivity index (χ1n) is 7.88. The number of hydrogen-bond acceptors (Lipinski definition) is 5. The molecule has 0 aromatic heterocycles. The van der Waals surface area contributed by atoms with Crippen molar-refractivity contribution in [3.05, 3.63) is 53.6 Å². The molecule has 1 amide bonds. The molecular weight excluding hydrogens is 342 g/mol. The van der Waals surface area contributed by atoms with Gasteiger partial charge in [-0.2, -0.15) is 0 Å². The summed E-state index contributed by atoms with van der Waals surface area (Å²) in [6, 6.07) is 11.8. The lowest BCUT2D eigenvalue weighted by Gasteiger charge is -2.19. The van der Waals surface area contributed by atoms with E-state index in [1.807, 2.05) is 12.1 Å². The number of carbonyl (C=O) groups excluding carboxylic acids is 1. The number of fused-ring (bicyclic) bond motifs is 1. The Morgan fingerprint density at radius 2 is 1.84 bits per heavy atom. The first-order valence-corrected chi connectivity index (χ1v) is 9.53. The van der Waals surface area contributed by atoms with Gasteiger partial charge in [0, 0.05) is 13.6 Å². The lowest BCUT2D eigenvalue weighted by atomic mass is 10.1. The molecule has 1 aliphatic rings. The van der Waals surface area contributed by atoms with Crippen LogP contribution in [0.15, 0.2) is 47.4 Å². The molecule has 0 bridgehead atoms. The fourth-order valence-electron chi connectivity index (χ4n) is 2.66. The van der Waals surface area contributed by atoms with Crippen molar-refractivity contribution >= 4 is 15.7 Å². The van der Waals surface area contributed by atoms with Crippen molar-refractivity contribution in [2.24, 2.45) is 0 Å². The quantitative estimate of drug-likeness (QED) is 0.818. The maximum absolute atomic E-state index is 12.8. The monoisotopic (exact) mass is 361 g/mol. The second kappa shape index (κ2) is 6.76. The number of amides is 1. The van der Waals surface area contributed by atoms with Crippen LogP contribution in [0.5, 0.6) is 11.5 Å². The van der Waals surface area contributed by atoms with Crippen LogP contribution in [0.2, 0.25) is 0 Å². The summed E-state index contributed by atoms with van der Waals surface area (Å²) in [6.45, 7) is 2.08. The smallest absolute Gasteiger partial charge is 0.255 e. The maximum Gasteiger partial charge on any atom is 0.255 e. The molecule has 0 N–H and O–H groups in total. The Hall–Kier alpha value is -2.54. The first kappa shape index (κ1) is 17.3. The fourth-order valence-corrected chi connectivity index (χ4v) is 3.75. The van der Waals surface area contributed by atoms with Crippen LogP contribution >= 0.6 is 0 Å². The molecule has 3 rings (SSSR count). The predicted molar refractivity (Wildman–Crippen MR) is 92.5 cm³/mol. The van der Waals surface area contributed by atoms with E-state index in [0.717, 1.165) is 5.56 Å². The molecule has 2 aromatic carbocycles. The van der Waals surface area contributed by atoms with Gasteiger partial charge in [0.25, 0.3) is 5.91 Å². The third-order valence-electron chi connectivity index (χ3n) is 4.04. The van der Waals surface area contributed by atoms with Crippen molar-refractivity contribution in [2.75, 3.05) is 19.6 Å². The van der Waals surface area contributed by atoms with Gasteiger partial charge in [0.2, 0.25) is 6.79 Å². The normalized spacial score (nSPS) is 12.9. The minimum atomic E-state index is -3.47. The Morgan fingerprint density at radius 3 is 2.60 bits per heavy atom. The van der Waals surface area contributed by atoms with E-state index in [4.69, 9.17) is 9.47 Å². The minimum Gasteiger partial charge on any atom is -0.454 e. The lowest BCUT2D eigenvalue weighted by molar-refractivity contribution is 0.0781. The number of sulfone groups is 1. The van der Waals surface area contributed by atoms with E-state index >= 15 is 0 Å². The molecule has 7 heteroatoms. The molecule has 0 aliphatic carbocycles. The average molecular weight is 361 g/mol. The third-order valence-corrected chi connectivity index (χ3v) is 5.82. The van der Waals surface area contributed by atoms with Crippen molar-refractivity contribution in [3.63, 3.8) is 0 Å². The number of ether oxygens (including phenoxy) is 2. The highest BCUT2D eigenvalue weighted by Crippen LogP contribution is 2.32. The number of benzene rings is 2. The van der Waals surface area contributed by atoms with E-state index in [-0.39, 0.29) is 28.9 Å². The van der Waals surface area contributed by atoms with Crippen LogP contribution in [-0.4, -0.2) is 38.8 Å². The van der Waals surface area contributed by atoms with Gasteiger partial charge in [0.1, 0.15) is 0 Å². The van der Waals surface area contributed by atoms with E-state index in [2.05, 4.69) is 0 Å². The molecule has 0 fully saturated rings. The summed E-state index contributed by atoms with van der Waals surface area (Å²) >= 11 is 0. The summed E-state index contributed by atoms with van der Waals surface area (Å²) in [4.78, 5) is 14.3. The Balaban J connectivity index is 1.84. The molecule has 25 heavy (non-hydrogen) atoms. The van der Waals surface area contributed by atoms with Crippen molar-refractivity contribution in [3.8, 4) is 11.5 Å². The van der Waals surface area contributed by atoms with Crippen LogP contribution in [0.1, 0.15) is 22.8 Å². The van der Waals surface area contributed by atoms with Gasteiger partial charge in [-0.1, -0.05) is 25.1 Å². The second-order valence-electron chi connectivity index (χ2n) is 5.75. The van der Waals surface area contributed by atoms with Gasteiger partial charge in [-0.3, -0.25) is 4.79 Å². The highest BCUT2D eigenvalue weighted by molar-refractivity contribution is 7.91. The topological polar surface area (TPSA) is 72.9 Å². The van der Waals surface area contributed by atoms with E-state index < -0.39 is 9.84 Å². The molecule has 1 heterocycles. The highest BCUT2D eigenvalue weighted by atomic mass is 32.2. The van der Waals surface area contributed by atoms with Gasteiger partial charge in [0.15, 0.2) is 21.3 Å². The molecule has 132 valence electrons. The number of hydrogen-bond donors (Lipinski definition) is 0. The minimum absolute atomic E-state index is 0.0524. The Morgan fingerprint density at radius 1 is 1.12 bits per heavy atom. The SMILES string of the molecule is CCS(=O)(=O)c1ccccc1C(=O)N(C)Cc1ccc2c(c1)OCO2. The van der Waals surface area contributed by atoms with E-state index in [1.165, 1.54) is 11.0 Å². The molecule has 2 aromatic rings. The molecule has 0 saturated carbocycles. The summed E-state index contributed by atoms with van der Waals surface area (Å²) in [5.74, 6) is 0.929. The summed E-state index contributed by atoms with van der Waals surface area (Å²) in [7, 11) is -1.83. The Labute approximate surface area is 146 Å². The predicted octanol–water partition coefficient (Wildman–Crippen LogP) is 2.48. The van der Waals surface area contributed by atoms with Crippen LogP contribution in [0.3, 0.4) is 0 Å². The summed E-state index contributed by atoms with van der Waals surface area (Å²) in [5.41, 5.74) is 1.06. The Bertz CT molecular complexity index is 907. The zero-order valence-corrected chi connectivity index (χ0v) is 14.9. The standard InChI is InChI=1S/C18H19NO5S/c1-3-25(21,22)17-7-5-4-6-14(17)18(20)19(2)11-13-8-9-15-16(10-13)24-12-23-15/h4-10H,3,11-12H2,1-2H3. The van der Waals surface area contributed by atoms with Gasteiger partial charge >= 0.3 is 0 Å². The molecule has 0 atom stereocenters. The molecule has 6 nitrogen and oxygen atoms in total. The fraction of sp³-hybridized carbons (Fsp3) is 0.278. The first-order chi connectivity index (χ1) is 11.9. The summed E-state index contributed by atoms with van der Waals surface area (Å²) < 4.78 is 35.1. The van der Waals surface area contributed by atoms with Gasteiger partial charge in [-0.15, -0.1) is 0 Å². The zero-order valence-electron chi connectivity index (χ0n) is 14.1. The van der Waals surface area contributed by atoms with E-state index in [9.17, 15) is 13.2 Å². The van der Waals surface area contributed by atoms with Gasteiger partial charge in [-0.05, 0) is 29.8 Å². The number of rotatable bonds is 5. The third kappa shape index (κ3) is 3.46. The van der Waals surface area contributed by atoms with E-state index in [1.54, 1.807) is 38.2 Å². The molecule has 1 aliphatic heterocycles. The molecule has 0 unspecified atom stereocenters. The van der Waals surface area contributed by atoms with Crippen molar-refractivity contribution in [2.45, 2.75) is 18.4 Å². The van der Waals surface area contributed by atoms with Crippen molar-refractivity contribution in [1.29, 1.82) is 0 Å². The number of carbonyl (C=O) groups is 1. The average Bonchev–Trinajstić information content (AvgIpc) is 3.08. The lowest BCUT2D eigenvalue weighted by Crippen LogP contribution is -2.27. The number of nitrogens with zero attached hydrogens (tertiary/aromatic N) is 1. The van der Waals surface area contributed by atoms with Gasteiger partial charge in [0.05, 0.1) is 16.2 Å². The van der Waals surface area contributed by atoms with Crippen LogP contribution in [0.4, 0.5) is 0 Å². The highest BCUT2D eigenvalue weighted by Gasteiger charge is 2.23. The summed E-state index contributed by atoms with van der Waals surface area (Å²) in [5, 5.41) is 0. The molecule has 0 saturated heterocycles. The second-order valence-corrected chi connectivity index (χ2v) is 8.00. The van der Waals surface area contributed by atoms with Crippen LogP contribution in [-0.2, 0) is 16.4 Å². The largest absolute Gasteiger partial charge is 0.454 e. The molecular formula is C18H19NO5S. The van der Waals surface area contributed by atoms with Crippen LogP contribution < -0.4 is 9.47 Å². The van der Waals surface area contributed by atoms with Crippen molar-refractivity contribution in [1.82, 2.24) is 4.90 Å². The van der Waals surface area contributed by atoms with Crippen LogP contribution in [0.25, 0.3) is 0 Å². The van der Waals surface area contributed by atoms with Gasteiger partial charge in [-0.25, -0.2) is 8.42 Å². The maximum atomic E-state index is 12.8. The van der Waals surface area contributed by atoms with Crippen molar-refractivity contribution < 1.29 is 22.7 Å². The van der Waals surface area contributed by atoms with Crippen LogP contribution in [0, 0.1) is 0 Å². The zero-order chi connectivity index (χ0) is 18.0.